The van der Waals surface area contributed by atoms with E-state index >= 15 is 0 Å². The van der Waals surface area contributed by atoms with E-state index in [1.54, 1.807) is 0 Å². The molecule has 0 aromatic rings. The molecule has 0 bridgehead atoms. The van der Waals surface area contributed by atoms with E-state index in [0.29, 0.717) is 0 Å². The van der Waals surface area contributed by atoms with Gasteiger partial charge in [0.1, 0.15) is 0 Å². The molecule has 0 spiro atoms. The van der Waals surface area contributed by atoms with E-state index in [4.69, 9.17) is 0 Å². The van der Waals surface area contributed by atoms with E-state index in [-0.39, 0.29) is 1.43 Å². The highest BCUT2D eigenvalue weighted by Gasteiger charge is 2.36. The lowest BCUT2D eigenvalue weighted by Gasteiger charge is -2.20. The number of rotatable bonds is 1. The van der Waals surface area contributed by atoms with Crippen molar-refractivity contribution in [2.75, 3.05) is 26.2 Å². The monoisotopic (exact) mass is 142 g/mol. The van der Waals surface area contributed by atoms with Crippen molar-refractivity contribution in [3.63, 3.8) is 0 Å². The molecule has 2 aliphatic heterocycles. The van der Waals surface area contributed by atoms with Gasteiger partial charge in [-0.25, -0.2) is 0 Å². The van der Waals surface area contributed by atoms with Gasteiger partial charge >= 0.3 is 0 Å². The summed E-state index contributed by atoms with van der Waals surface area (Å²) in [5, 5.41) is 3.45. The van der Waals surface area contributed by atoms with E-state index in [9.17, 15) is 0 Å². The summed E-state index contributed by atoms with van der Waals surface area (Å²) in [6.45, 7) is 7.34. The Kier molecular flexibility index (Phi) is 1.66. The minimum absolute atomic E-state index is 0. The van der Waals surface area contributed by atoms with E-state index in [1.807, 2.05) is 0 Å². The van der Waals surface area contributed by atoms with Crippen molar-refractivity contribution in [2.24, 2.45) is 5.92 Å². The molecule has 0 unspecified atom stereocenters. The summed E-state index contributed by atoms with van der Waals surface area (Å²) in [4.78, 5) is 2.60. The third-order valence-electron chi connectivity index (χ3n) is 2.97. The second-order valence-electron chi connectivity index (χ2n) is 3.40. The fourth-order valence-electron chi connectivity index (χ4n) is 2.33. The van der Waals surface area contributed by atoms with E-state index < -0.39 is 0 Å². The van der Waals surface area contributed by atoms with Crippen molar-refractivity contribution in [3.05, 3.63) is 0 Å². The first-order valence-electron chi connectivity index (χ1n) is 4.36. The van der Waals surface area contributed by atoms with Crippen LogP contribution < -0.4 is 5.32 Å². The predicted molar refractivity (Wildman–Crippen MR) is 44.1 cm³/mol. The first kappa shape index (κ1) is 6.62. The number of hydrogen-bond donors (Lipinski definition) is 1. The molecule has 0 aromatic carbocycles. The molecule has 2 heteroatoms. The smallest absolute Gasteiger partial charge is 0.0261 e. The van der Waals surface area contributed by atoms with Crippen LogP contribution >= 0.6 is 0 Å². The van der Waals surface area contributed by atoms with Crippen LogP contribution in [0.25, 0.3) is 0 Å². The van der Waals surface area contributed by atoms with E-state index in [0.717, 1.165) is 12.0 Å². The van der Waals surface area contributed by atoms with Gasteiger partial charge in [0.15, 0.2) is 0 Å². The van der Waals surface area contributed by atoms with Gasteiger partial charge in [0.05, 0.1) is 0 Å². The number of likely N-dealkylation sites (tertiary alicyclic amines) is 1. The van der Waals surface area contributed by atoms with Gasteiger partial charge in [0, 0.05) is 14.0 Å². The predicted octanol–water partition coefficient (Wildman–Crippen LogP) is 0.546. The molecule has 2 nitrogen and oxygen atoms in total. The fourth-order valence-corrected chi connectivity index (χ4v) is 2.33. The van der Waals surface area contributed by atoms with Gasteiger partial charge < -0.3 is 5.32 Å². The largest absolute Gasteiger partial charge is 0.315 e. The van der Waals surface area contributed by atoms with Crippen LogP contribution in [0.5, 0.6) is 0 Å². The highest BCUT2D eigenvalue weighted by Crippen LogP contribution is 2.26. The number of nitrogens with zero attached hydrogens (tertiary/aromatic N) is 1. The Balaban J connectivity index is 0.000000605. The molecule has 1 N–H and O–H groups in total. The summed E-state index contributed by atoms with van der Waals surface area (Å²) >= 11 is 0. The number of fused-ring (bicyclic) bond motifs is 1. The van der Waals surface area contributed by atoms with Crippen molar-refractivity contribution in [3.8, 4) is 0 Å². The van der Waals surface area contributed by atoms with Crippen LogP contribution in [-0.2, 0) is 0 Å². The maximum Gasteiger partial charge on any atom is 0.0261 e. The van der Waals surface area contributed by atoms with Crippen molar-refractivity contribution in [2.45, 2.75) is 19.4 Å². The molecule has 0 aromatic heterocycles. The topological polar surface area (TPSA) is 15.3 Å². The maximum absolute atomic E-state index is 3.45. The SMILES string of the molecule is CCN1CC[C@@H]2CNC[C@@H]21.[HH]. The Hall–Kier alpha value is -0.0800. The molecule has 0 amide bonds. The van der Waals surface area contributed by atoms with Crippen molar-refractivity contribution in [1.82, 2.24) is 10.2 Å². The Morgan fingerprint density at radius 2 is 2.50 bits per heavy atom. The maximum atomic E-state index is 3.45. The van der Waals surface area contributed by atoms with Crippen LogP contribution in [-0.4, -0.2) is 37.1 Å². The zero-order valence-corrected chi connectivity index (χ0v) is 6.64. The van der Waals surface area contributed by atoms with E-state index in [1.165, 1.54) is 32.6 Å². The Morgan fingerprint density at radius 1 is 1.60 bits per heavy atom. The zero-order chi connectivity index (χ0) is 6.97. The molecule has 0 saturated carbocycles. The number of likely N-dealkylation sites (N-methyl/N-ethyl adjacent to an activating group) is 1. The van der Waals surface area contributed by atoms with Crippen molar-refractivity contribution < 1.29 is 1.43 Å². The molecule has 2 heterocycles. The lowest BCUT2D eigenvalue weighted by molar-refractivity contribution is 0.266. The van der Waals surface area contributed by atoms with Crippen LogP contribution in [0.2, 0.25) is 0 Å². The normalized spacial score (nSPS) is 40.5. The molecule has 2 rings (SSSR count). The van der Waals surface area contributed by atoms with Crippen LogP contribution in [0.1, 0.15) is 14.8 Å². The third kappa shape index (κ3) is 0.867. The second kappa shape index (κ2) is 2.51. The Morgan fingerprint density at radius 3 is 3.30 bits per heavy atom. The Bertz CT molecular complexity index is 129. The van der Waals surface area contributed by atoms with Gasteiger partial charge in [-0.15, -0.1) is 0 Å². The van der Waals surface area contributed by atoms with Crippen LogP contribution in [0.15, 0.2) is 0 Å². The zero-order valence-electron chi connectivity index (χ0n) is 6.64. The molecular formula is C8H18N2. The van der Waals surface area contributed by atoms with E-state index in [2.05, 4.69) is 17.1 Å². The first-order valence-corrected chi connectivity index (χ1v) is 4.36. The molecule has 10 heavy (non-hydrogen) atoms. The quantitative estimate of drug-likeness (QED) is 0.575. The average molecular weight is 142 g/mol. The second-order valence-corrected chi connectivity index (χ2v) is 3.40. The van der Waals surface area contributed by atoms with Crippen molar-refractivity contribution >= 4 is 0 Å². The summed E-state index contributed by atoms with van der Waals surface area (Å²) in [6.07, 6.45) is 1.42. The van der Waals surface area contributed by atoms with Crippen LogP contribution in [0, 0.1) is 5.92 Å². The van der Waals surface area contributed by atoms with Gasteiger partial charge in [0.2, 0.25) is 0 Å². The summed E-state index contributed by atoms with van der Waals surface area (Å²) in [7, 11) is 0. The van der Waals surface area contributed by atoms with Gasteiger partial charge in [-0.1, -0.05) is 6.92 Å². The molecule has 2 atom stereocenters. The van der Waals surface area contributed by atoms with Gasteiger partial charge in [-0.05, 0) is 32.0 Å². The molecule has 0 aliphatic carbocycles. The highest BCUT2D eigenvalue weighted by molar-refractivity contribution is 4.93. The highest BCUT2D eigenvalue weighted by atomic mass is 15.2. The van der Waals surface area contributed by atoms with Crippen LogP contribution in [0.3, 0.4) is 0 Å². The standard InChI is InChI=1S/C8H16N2.H2/c1-2-10-4-3-7-5-9-6-8(7)10;/h7-9H,2-6H2,1H3;1H/t7-,8+;/m1./s1. The molecule has 2 saturated heterocycles. The molecule has 60 valence electrons. The van der Waals surface area contributed by atoms with Gasteiger partial charge in [0.25, 0.3) is 0 Å². The number of hydrogen-bond acceptors (Lipinski definition) is 2. The van der Waals surface area contributed by atoms with Gasteiger partial charge in [-0.3, -0.25) is 4.90 Å². The minimum Gasteiger partial charge on any atom is -0.315 e. The lowest BCUT2D eigenvalue weighted by atomic mass is 10.1. The van der Waals surface area contributed by atoms with Gasteiger partial charge in [-0.2, -0.15) is 0 Å². The summed E-state index contributed by atoms with van der Waals surface area (Å²) in [5.74, 6) is 0.972. The fraction of sp³-hybridized carbons (Fsp3) is 1.00. The minimum atomic E-state index is 0. The molecular weight excluding hydrogens is 124 g/mol. The number of nitrogens with one attached hydrogen (secondary N) is 1. The first-order chi connectivity index (χ1) is 4.92. The summed E-state index contributed by atoms with van der Waals surface area (Å²) < 4.78 is 0. The molecule has 2 fully saturated rings. The summed E-state index contributed by atoms with van der Waals surface area (Å²) in [6, 6.07) is 0.880. The molecule has 2 aliphatic rings. The van der Waals surface area contributed by atoms with Crippen molar-refractivity contribution in [1.29, 1.82) is 0 Å². The molecule has 0 radical (unpaired) electrons. The van der Waals surface area contributed by atoms with Crippen LogP contribution in [0.4, 0.5) is 0 Å². The summed E-state index contributed by atoms with van der Waals surface area (Å²) in [5.41, 5.74) is 0. The average Bonchev–Trinajstić information content (AvgIpc) is 2.44. The Labute approximate surface area is 64.1 Å². The lowest BCUT2D eigenvalue weighted by Crippen LogP contribution is -2.33. The third-order valence-corrected chi connectivity index (χ3v) is 2.97.